The lowest BCUT2D eigenvalue weighted by atomic mass is 9.81. The molecule has 1 N–H and O–H groups in total. The van der Waals surface area contributed by atoms with Crippen LogP contribution in [0, 0.1) is 11.2 Å². The number of hydrogen-bond donors (Lipinski definition) is 1. The summed E-state index contributed by atoms with van der Waals surface area (Å²) in [5, 5.41) is 8.89. The van der Waals surface area contributed by atoms with Gasteiger partial charge in [0, 0.05) is 34.5 Å². The highest BCUT2D eigenvalue weighted by atomic mass is 32.2. The van der Waals surface area contributed by atoms with Crippen molar-refractivity contribution in [3.05, 3.63) is 47.8 Å². The molecular weight excluding hydrogens is 429 g/mol. The Morgan fingerprint density at radius 3 is 2.62 bits per heavy atom. The number of carboxylic acid groups (broad SMARTS) is 1. The molecule has 0 saturated heterocycles. The van der Waals surface area contributed by atoms with Crippen LogP contribution in [0.25, 0.3) is 0 Å². The number of carboxylic acids is 1. The monoisotopic (exact) mass is 461 g/mol. The van der Waals surface area contributed by atoms with Gasteiger partial charge in [0.2, 0.25) is 0 Å². The summed E-state index contributed by atoms with van der Waals surface area (Å²) in [5.41, 5.74) is 2.91. The maximum absolute atomic E-state index is 13.7. The summed E-state index contributed by atoms with van der Waals surface area (Å²) in [6.07, 6.45) is 4.50. The zero-order valence-corrected chi connectivity index (χ0v) is 19.8. The molecule has 0 bridgehead atoms. The molecule has 174 valence electrons. The maximum Gasteiger partial charge on any atom is 0.329 e. The van der Waals surface area contributed by atoms with Crippen molar-refractivity contribution in [1.82, 2.24) is 0 Å². The second-order valence-corrected chi connectivity index (χ2v) is 9.34. The molecule has 0 saturated carbocycles. The third kappa shape index (κ3) is 5.75. The van der Waals surface area contributed by atoms with Crippen molar-refractivity contribution in [2.75, 3.05) is 30.9 Å². The van der Waals surface area contributed by atoms with Gasteiger partial charge in [0.1, 0.15) is 18.2 Å². The third-order valence-corrected chi connectivity index (χ3v) is 7.51. The van der Waals surface area contributed by atoms with E-state index in [1.165, 1.54) is 18.6 Å². The summed E-state index contributed by atoms with van der Waals surface area (Å²) in [7, 11) is 1.60. The predicted molar refractivity (Wildman–Crippen MR) is 127 cm³/mol. The number of anilines is 2. The lowest BCUT2D eigenvalue weighted by Crippen LogP contribution is -2.36. The Hall–Kier alpha value is -2.25. The molecule has 3 rings (SSSR count). The van der Waals surface area contributed by atoms with Gasteiger partial charge in [0.25, 0.3) is 0 Å². The van der Waals surface area contributed by atoms with E-state index in [0.717, 1.165) is 53.4 Å². The van der Waals surface area contributed by atoms with E-state index >= 15 is 0 Å². The molecule has 0 aliphatic carbocycles. The van der Waals surface area contributed by atoms with Crippen LogP contribution >= 0.6 is 11.8 Å². The topological polar surface area (TPSA) is 59.0 Å². The number of aliphatic carboxylic acids is 1. The molecule has 0 radical (unpaired) electrons. The molecular formula is C25H32FNO4S. The van der Waals surface area contributed by atoms with Crippen LogP contribution in [0.4, 0.5) is 15.8 Å². The van der Waals surface area contributed by atoms with E-state index in [1.54, 1.807) is 7.11 Å². The average molecular weight is 462 g/mol. The van der Waals surface area contributed by atoms with Gasteiger partial charge in [-0.25, -0.2) is 9.18 Å². The standard InChI is InChI=1S/C25H32FNO4S/c1-4-6-11-25(5-2)16-27(20-9-7-19(26)8-10-20)21-13-22(30-3)18(12-23(21)32-17-25)14-31-15-24(28)29/h7-10,12-13H,4-6,11,14-17H2,1-3H3,(H,28,29). The number of unbranched alkanes of at least 4 members (excludes halogenated alkanes) is 1. The number of fused-ring (bicyclic) bond motifs is 1. The quantitative estimate of drug-likeness (QED) is 0.450. The van der Waals surface area contributed by atoms with E-state index in [0.29, 0.717) is 5.75 Å². The van der Waals surface area contributed by atoms with Crippen LogP contribution in [-0.2, 0) is 16.1 Å². The SMILES string of the molecule is CCCCC1(CC)CSc2cc(COCC(=O)O)c(OC)cc2N(c2ccc(F)cc2)C1. The summed E-state index contributed by atoms with van der Waals surface area (Å²) in [6.45, 7) is 5.11. The fourth-order valence-electron chi connectivity index (χ4n) is 4.11. The van der Waals surface area contributed by atoms with Crippen molar-refractivity contribution in [3.8, 4) is 5.75 Å². The van der Waals surface area contributed by atoms with Gasteiger partial charge >= 0.3 is 5.97 Å². The fraction of sp³-hybridized carbons (Fsp3) is 0.480. The van der Waals surface area contributed by atoms with Gasteiger partial charge in [-0.1, -0.05) is 26.7 Å². The number of benzene rings is 2. The van der Waals surface area contributed by atoms with E-state index in [4.69, 9.17) is 14.6 Å². The molecule has 7 heteroatoms. The molecule has 1 aliphatic rings. The van der Waals surface area contributed by atoms with Crippen LogP contribution in [0.15, 0.2) is 41.3 Å². The molecule has 1 aliphatic heterocycles. The van der Waals surface area contributed by atoms with E-state index in [1.807, 2.05) is 36.0 Å². The first kappa shape index (κ1) is 24.4. The minimum Gasteiger partial charge on any atom is -0.496 e. The van der Waals surface area contributed by atoms with Gasteiger partial charge in [0.15, 0.2) is 0 Å². The molecule has 2 aromatic rings. The Balaban J connectivity index is 2.04. The highest BCUT2D eigenvalue weighted by molar-refractivity contribution is 7.99. The molecule has 32 heavy (non-hydrogen) atoms. The number of carbonyl (C=O) groups is 1. The molecule has 2 aromatic carbocycles. The largest absolute Gasteiger partial charge is 0.496 e. The van der Waals surface area contributed by atoms with Crippen LogP contribution in [0.1, 0.15) is 45.1 Å². The average Bonchev–Trinajstić information content (AvgIpc) is 2.95. The van der Waals surface area contributed by atoms with Crippen LogP contribution < -0.4 is 9.64 Å². The summed E-state index contributed by atoms with van der Waals surface area (Å²) in [6, 6.07) is 10.7. The molecule has 0 fully saturated rings. The number of thioether (sulfide) groups is 1. The van der Waals surface area contributed by atoms with Gasteiger partial charge in [-0.3, -0.25) is 0 Å². The van der Waals surface area contributed by atoms with Gasteiger partial charge in [-0.05, 0) is 48.6 Å². The Morgan fingerprint density at radius 1 is 1.25 bits per heavy atom. The van der Waals surface area contributed by atoms with E-state index in [2.05, 4.69) is 18.7 Å². The van der Waals surface area contributed by atoms with Crippen molar-refractivity contribution < 1.29 is 23.8 Å². The van der Waals surface area contributed by atoms with Gasteiger partial charge in [-0.15, -0.1) is 11.8 Å². The highest BCUT2D eigenvalue weighted by Crippen LogP contribution is 2.48. The van der Waals surface area contributed by atoms with Crippen LogP contribution in [0.5, 0.6) is 5.75 Å². The van der Waals surface area contributed by atoms with Crippen molar-refractivity contribution in [2.45, 2.75) is 51.0 Å². The Labute approximate surface area is 193 Å². The summed E-state index contributed by atoms with van der Waals surface area (Å²) < 4.78 is 24.6. The van der Waals surface area contributed by atoms with E-state index in [9.17, 15) is 9.18 Å². The van der Waals surface area contributed by atoms with Gasteiger partial charge in [0.05, 0.1) is 19.4 Å². The molecule has 1 unspecified atom stereocenters. The molecule has 0 amide bonds. The second kappa shape index (κ2) is 11.1. The number of rotatable bonds is 10. The lowest BCUT2D eigenvalue weighted by molar-refractivity contribution is -0.142. The van der Waals surface area contributed by atoms with Crippen molar-refractivity contribution in [3.63, 3.8) is 0 Å². The zero-order valence-electron chi connectivity index (χ0n) is 19.0. The number of methoxy groups -OCH3 is 1. The van der Waals surface area contributed by atoms with Crippen molar-refractivity contribution in [2.24, 2.45) is 5.41 Å². The summed E-state index contributed by atoms with van der Waals surface area (Å²) >= 11 is 1.82. The van der Waals surface area contributed by atoms with Crippen LogP contribution in [0.3, 0.4) is 0 Å². The zero-order chi connectivity index (χ0) is 23.1. The molecule has 1 atom stereocenters. The van der Waals surface area contributed by atoms with Gasteiger partial charge < -0.3 is 19.5 Å². The van der Waals surface area contributed by atoms with Crippen LogP contribution in [0.2, 0.25) is 0 Å². The number of halogens is 1. The minimum absolute atomic E-state index is 0.126. The lowest BCUT2D eigenvalue weighted by Gasteiger charge is -2.37. The van der Waals surface area contributed by atoms with Crippen molar-refractivity contribution >= 4 is 29.1 Å². The molecule has 1 heterocycles. The number of hydrogen-bond acceptors (Lipinski definition) is 5. The smallest absolute Gasteiger partial charge is 0.329 e. The van der Waals surface area contributed by atoms with Crippen LogP contribution in [-0.4, -0.2) is 37.1 Å². The number of ether oxygens (including phenoxy) is 2. The second-order valence-electron chi connectivity index (χ2n) is 8.33. The van der Waals surface area contributed by atoms with Gasteiger partial charge in [-0.2, -0.15) is 0 Å². The molecule has 0 spiro atoms. The first-order valence-electron chi connectivity index (χ1n) is 11.1. The Kier molecular flexibility index (Phi) is 8.43. The summed E-state index contributed by atoms with van der Waals surface area (Å²) in [5.74, 6) is 0.378. The first-order valence-corrected chi connectivity index (χ1v) is 12.1. The normalized spacial score (nSPS) is 18.2. The van der Waals surface area contributed by atoms with Crippen molar-refractivity contribution in [1.29, 1.82) is 0 Å². The summed E-state index contributed by atoms with van der Waals surface area (Å²) in [4.78, 5) is 14.2. The van der Waals surface area contributed by atoms with E-state index < -0.39 is 5.97 Å². The Bertz CT molecular complexity index is 921. The number of nitrogens with zero attached hydrogens (tertiary/aromatic N) is 1. The first-order chi connectivity index (χ1) is 15.4. The fourth-order valence-corrected chi connectivity index (χ4v) is 5.56. The third-order valence-electron chi connectivity index (χ3n) is 6.11. The molecule has 5 nitrogen and oxygen atoms in total. The molecule has 0 aromatic heterocycles. The predicted octanol–water partition coefficient (Wildman–Crippen LogP) is 6.27. The Morgan fingerprint density at radius 2 is 2.00 bits per heavy atom. The maximum atomic E-state index is 13.7. The highest BCUT2D eigenvalue weighted by Gasteiger charge is 2.35. The van der Waals surface area contributed by atoms with E-state index in [-0.39, 0.29) is 24.4 Å². The minimum atomic E-state index is -1.00.